The van der Waals surface area contributed by atoms with E-state index in [9.17, 15) is 4.79 Å². The van der Waals surface area contributed by atoms with Gasteiger partial charge in [0.15, 0.2) is 5.75 Å². The van der Waals surface area contributed by atoms with E-state index in [1.165, 1.54) is 18.3 Å². The molecule has 106 valence electrons. The molecule has 0 bridgehead atoms. The van der Waals surface area contributed by atoms with Crippen molar-refractivity contribution in [2.24, 2.45) is 0 Å². The average molecular weight is 314 g/mol. The Bertz CT molecular complexity index is 675. The Balaban J connectivity index is 2.46. The second kappa shape index (κ2) is 5.73. The van der Waals surface area contributed by atoms with Gasteiger partial charge in [0.2, 0.25) is 0 Å². The average Bonchev–Trinajstić information content (AvgIpc) is 2.35. The van der Waals surface area contributed by atoms with E-state index >= 15 is 0 Å². The predicted octanol–water partition coefficient (Wildman–Crippen LogP) is 3.10. The number of hydrogen-bond acceptors (Lipinski definition) is 4. The van der Waals surface area contributed by atoms with Gasteiger partial charge in [0.25, 0.3) is 0 Å². The summed E-state index contributed by atoms with van der Waals surface area (Å²) in [7, 11) is 0. The molecule has 0 saturated carbocycles. The summed E-state index contributed by atoms with van der Waals surface area (Å²) in [5.41, 5.74) is 6.24. The van der Waals surface area contributed by atoms with Gasteiger partial charge in [0.1, 0.15) is 0 Å². The molecule has 1 aromatic carbocycles. The summed E-state index contributed by atoms with van der Waals surface area (Å²) in [5, 5.41) is 4.27. The fourth-order valence-corrected chi connectivity index (χ4v) is 2.24. The van der Waals surface area contributed by atoms with Crippen molar-refractivity contribution in [3.8, 4) is 5.75 Å². The standard InChI is InChI=1S/C13H13Cl2N3O2/c1-7(2)9-3-4-17-18(13(9)19)20-12-10(14)5-8(16)6-11(12)15/h3-7H,16H2,1-2H3. The Hall–Kier alpha value is -1.72. The van der Waals surface area contributed by atoms with Crippen LogP contribution in [-0.2, 0) is 0 Å². The molecule has 2 aromatic rings. The maximum absolute atomic E-state index is 12.2. The van der Waals surface area contributed by atoms with Gasteiger partial charge in [-0.15, -0.1) is 5.10 Å². The quantitative estimate of drug-likeness (QED) is 0.884. The molecular weight excluding hydrogens is 301 g/mol. The minimum absolute atomic E-state index is 0.0534. The van der Waals surface area contributed by atoms with E-state index in [-0.39, 0.29) is 27.3 Å². The summed E-state index contributed by atoms with van der Waals surface area (Å²) in [6, 6.07) is 4.62. The summed E-state index contributed by atoms with van der Waals surface area (Å²) in [4.78, 5) is 18.4. The minimum Gasteiger partial charge on any atom is -0.399 e. The third-order valence-electron chi connectivity index (χ3n) is 2.67. The van der Waals surface area contributed by atoms with E-state index in [1.54, 1.807) is 6.07 Å². The zero-order valence-corrected chi connectivity index (χ0v) is 12.4. The van der Waals surface area contributed by atoms with Crippen LogP contribution in [0.4, 0.5) is 5.69 Å². The minimum atomic E-state index is -0.355. The Labute approximate surface area is 125 Å². The third kappa shape index (κ3) is 2.89. The van der Waals surface area contributed by atoms with Crippen molar-refractivity contribution in [1.82, 2.24) is 9.94 Å². The van der Waals surface area contributed by atoms with Crippen LogP contribution in [-0.4, -0.2) is 9.94 Å². The maximum Gasteiger partial charge on any atom is 0.307 e. The molecule has 0 aliphatic heterocycles. The molecule has 0 radical (unpaired) electrons. The predicted molar refractivity (Wildman–Crippen MR) is 79.5 cm³/mol. The van der Waals surface area contributed by atoms with Gasteiger partial charge in [-0.2, -0.15) is 0 Å². The van der Waals surface area contributed by atoms with Gasteiger partial charge < -0.3 is 10.6 Å². The lowest BCUT2D eigenvalue weighted by atomic mass is 10.1. The van der Waals surface area contributed by atoms with Crippen LogP contribution in [0.15, 0.2) is 29.2 Å². The van der Waals surface area contributed by atoms with Crippen molar-refractivity contribution in [2.45, 2.75) is 19.8 Å². The Morgan fingerprint density at radius 1 is 1.30 bits per heavy atom. The van der Waals surface area contributed by atoms with Gasteiger partial charge in [0.05, 0.1) is 16.2 Å². The van der Waals surface area contributed by atoms with E-state index in [2.05, 4.69) is 5.10 Å². The van der Waals surface area contributed by atoms with Crippen LogP contribution >= 0.6 is 23.2 Å². The Morgan fingerprint density at radius 3 is 2.45 bits per heavy atom. The number of halogens is 2. The molecule has 20 heavy (non-hydrogen) atoms. The fraction of sp³-hybridized carbons (Fsp3) is 0.231. The molecule has 0 fully saturated rings. The fourth-order valence-electron chi connectivity index (χ4n) is 1.67. The van der Waals surface area contributed by atoms with Crippen molar-refractivity contribution in [3.05, 3.63) is 50.4 Å². The molecule has 0 spiro atoms. The number of rotatable bonds is 3. The van der Waals surface area contributed by atoms with Crippen LogP contribution < -0.4 is 16.1 Å². The molecule has 2 rings (SSSR count). The number of benzene rings is 1. The summed E-state index contributed by atoms with van der Waals surface area (Å²) < 4.78 is 0. The lowest BCUT2D eigenvalue weighted by Gasteiger charge is -2.12. The number of aromatic nitrogens is 2. The third-order valence-corrected chi connectivity index (χ3v) is 3.23. The smallest absolute Gasteiger partial charge is 0.307 e. The van der Waals surface area contributed by atoms with Gasteiger partial charge in [-0.1, -0.05) is 41.9 Å². The molecule has 7 heteroatoms. The van der Waals surface area contributed by atoms with E-state index in [0.29, 0.717) is 11.3 Å². The van der Waals surface area contributed by atoms with Crippen molar-refractivity contribution in [2.75, 3.05) is 5.73 Å². The van der Waals surface area contributed by atoms with E-state index < -0.39 is 0 Å². The highest BCUT2D eigenvalue weighted by atomic mass is 35.5. The van der Waals surface area contributed by atoms with Crippen molar-refractivity contribution in [1.29, 1.82) is 0 Å². The molecular formula is C13H13Cl2N3O2. The van der Waals surface area contributed by atoms with Crippen molar-refractivity contribution in [3.63, 3.8) is 0 Å². The highest BCUT2D eigenvalue weighted by Gasteiger charge is 2.14. The maximum atomic E-state index is 12.2. The molecule has 1 heterocycles. The normalized spacial score (nSPS) is 10.8. The largest absolute Gasteiger partial charge is 0.399 e. The van der Waals surface area contributed by atoms with Crippen LogP contribution in [0.1, 0.15) is 25.3 Å². The SMILES string of the molecule is CC(C)c1ccnn(Oc2c(Cl)cc(N)cc2Cl)c1=O. The zero-order valence-electron chi connectivity index (χ0n) is 10.9. The van der Waals surface area contributed by atoms with E-state index in [4.69, 9.17) is 33.8 Å². The number of nitrogens with two attached hydrogens (primary N) is 1. The molecule has 5 nitrogen and oxygen atoms in total. The summed E-state index contributed by atoms with van der Waals surface area (Å²) in [6.45, 7) is 3.81. The van der Waals surface area contributed by atoms with Crippen LogP contribution in [0, 0.1) is 0 Å². The van der Waals surface area contributed by atoms with Gasteiger partial charge in [0, 0.05) is 11.3 Å². The van der Waals surface area contributed by atoms with E-state index in [1.807, 2.05) is 13.8 Å². The Kier molecular flexibility index (Phi) is 4.20. The van der Waals surface area contributed by atoms with Gasteiger partial charge in [-0.05, 0) is 24.1 Å². The number of anilines is 1. The number of nitrogens with zero attached hydrogens (tertiary/aromatic N) is 2. The highest BCUT2D eigenvalue weighted by molar-refractivity contribution is 6.37. The number of nitrogen functional groups attached to an aromatic ring is 1. The van der Waals surface area contributed by atoms with Gasteiger partial charge in [-0.3, -0.25) is 4.79 Å². The topological polar surface area (TPSA) is 70.1 Å². The first kappa shape index (κ1) is 14.7. The second-order valence-electron chi connectivity index (χ2n) is 4.52. The zero-order chi connectivity index (χ0) is 14.9. The molecule has 0 saturated heterocycles. The highest BCUT2D eigenvalue weighted by Crippen LogP contribution is 2.34. The summed E-state index contributed by atoms with van der Waals surface area (Å²) in [6.07, 6.45) is 1.48. The molecule has 0 unspecified atom stereocenters. The first-order valence-corrected chi connectivity index (χ1v) is 6.67. The summed E-state index contributed by atoms with van der Waals surface area (Å²) >= 11 is 12.0. The first-order valence-electron chi connectivity index (χ1n) is 5.91. The van der Waals surface area contributed by atoms with E-state index in [0.717, 1.165) is 4.85 Å². The van der Waals surface area contributed by atoms with Crippen LogP contribution in [0.25, 0.3) is 0 Å². The molecule has 0 aliphatic carbocycles. The van der Waals surface area contributed by atoms with Crippen LogP contribution in [0.3, 0.4) is 0 Å². The van der Waals surface area contributed by atoms with Crippen LogP contribution in [0.5, 0.6) is 5.75 Å². The molecule has 0 aliphatic rings. The molecule has 1 aromatic heterocycles. The lowest BCUT2D eigenvalue weighted by molar-refractivity contribution is 0.163. The van der Waals surface area contributed by atoms with Crippen LogP contribution in [0.2, 0.25) is 10.0 Å². The van der Waals surface area contributed by atoms with Crippen molar-refractivity contribution < 1.29 is 4.84 Å². The van der Waals surface area contributed by atoms with Gasteiger partial charge >= 0.3 is 5.56 Å². The summed E-state index contributed by atoms with van der Waals surface area (Å²) in [5.74, 6) is 0.191. The van der Waals surface area contributed by atoms with Gasteiger partial charge in [-0.25, -0.2) is 0 Å². The Morgan fingerprint density at radius 2 is 1.90 bits per heavy atom. The second-order valence-corrected chi connectivity index (χ2v) is 5.34. The molecule has 2 N–H and O–H groups in total. The monoisotopic (exact) mass is 313 g/mol. The lowest BCUT2D eigenvalue weighted by Crippen LogP contribution is -2.30. The van der Waals surface area contributed by atoms with Crippen molar-refractivity contribution >= 4 is 28.9 Å². The number of hydrogen-bond donors (Lipinski definition) is 1. The first-order chi connectivity index (χ1) is 9.40. The molecule has 0 amide bonds. The molecule has 0 atom stereocenters.